The number of ether oxygens (including phenoxy) is 1. The number of sulfonamides is 1. The van der Waals surface area contributed by atoms with Gasteiger partial charge in [0.1, 0.15) is 0 Å². The predicted octanol–water partition coefficient (Wildman–Crippen LogP) is 2.48. The van der Waals surface area contributed by atoms with Crippen LogP contribution in [0.1, 0.15) is 29.8 Å². The van der Waals surface area contributed by atoms with E-state index in [9.17, 15) is 18.0 Å². The second kappa shape index (κ2) is 8.79. The lowest BCUT2D eigenvalue weighted by molar-refractivity contribution is -0.123. The van der Waals surface area contributed by atoms with E-state index in [1.165, 1.54) is 31.2 Å². The number of carbonyl (C=O) groups is 2. The van der Waals surface area contributed by atoms with Crippen LogP contribution in [-0.2, 0) is 19.6 Å². The summed E-state index contributed by atoms with van der Waals surface area (Å²) in [6.45, 7) is 5.19. The third-order valence-corrected chi connectivity index (χ3v) is 5.31. The van der Waals surface area contributed by atoms with Crippen molar-refractivity contribution < 1.29 is 22.7 Å². The molecule has 2 N–H and O–H groups in total. The number of rotatable bonds is 7. The molecule has 2 aromatic rings. The number of para-hydroxylation sites is 1. The van der Waals surface area contributed by atoms with Crippen LogP contribution in [0.15, 0.2) is 53.4 Å². The number of hydrogen-bond acceptors (Lipinski definition) is 5. The molecule has 1 atom stereocenters. The maximum atomic E-state index is 12.3. The molecule has 0 radical (unpaired) electrons. The Hall–Kier alpha value is -2.71. The van der Waals surface area contributed by atoms with Crippen molar-refractivity contribution in [2.45, 2.75) is 31.8 Å². The average molecular weight is 390 g/mol. The van der Waals surface area contributed by atoms with Gasteiger partial charge in [-0.3, -0.25) is 4.79 Å². The number of carbonyl (C=O) groups excluding carboxylic acids is 2. The normalized spacial score (nSPS) is 12.3. The van der Waals surface area contributed by atoms with Gasteiger partial charge >= 0.3 is 5.97 Å². The molecule has 0 unspecified atom stereocenters. The zero-order valence-corrected chi connectivity index (χ0v) is 16.2. The van der Waals surface area contributed by atoms with Crippen molar-refractivity contribution in [3.05, 3.63) is 59.7 Å². The van der Waals surface area contributed by atoms with Crippen molar-refractivity contribution in [2.24, 2.45) is 0 Å². The van der Waals surface area contributed by atoms with E-state index < -0.39 is 28.0 Å². The van der Waals surface area contributed by atoms with Gasteiger partial charge in [0.25, 0.3) is 5.91 Å². The first-order chi connectivity index (χ1) is 12.7. The number of anilines is 1. The third kappa shape index (κ3) is 5.38. The molecule has 0 bridgehead atoms. The molecule has 8 heteroatoms. The lowest BCUT2D eigenvalue weighted by Gasteiger charge is -2.15. The van der Waals surface area contributed by atoms with Crippen LogP contribution in [0.25, 0.3) is 0 Å². The monoisotopic (exact) mass is 390 g/mol. The first-order valence-electron chi connectivity index (χ1n) is 8.42. The molecule has 0 aliphatic carbocycles. The van der Waals surface area contributed by atoms with Crippen molar-refractivity contribution in [3.63, 3.8) is 0 Å². The summed E-state index contributed by atoms with van der Waals surface area (Å²) in [7, 11) is -3.69. The molecule has 0 saturated heterocycles. The second-order valence-corrected chi connectivity index (χ2v) is 7.65. The average Bonchev–Trinajstić information content (AvgIpc) is 2.63. The molecule has 7 nitrogen and oxygen atoms in total. The first kappa shape index (κ1) is 20.6. The van der Waals surface area contributed by atoms with Gasteiger partial charge in [0.05, 0.1) is 10.5 Å². The number of hydrogen-bond donors (Lipinski definition) is 2. The Bertz CT molecular complexity index is 941. The van der Waals surface area contributed by atoms with Gasteiger partial charge in [-0.2, -0.15) is 0 Å². The van der Waals surface area contributed by atoms with Gasteiger partial charge in [-0.25, -0.2) is 17.9 Å². The molecular weight excluding hydrogens is 368 g/mol. The van der Waals surface area contributed by atoms with Crippen molar-refractivity contribution in [1.82, 2.24) is 4.72 Å². The molecule has 0 heterocycles. The van der Waals surface area contributed by atoms with Gasteiger partial charge in [0.2, 0.25) is 10.0 Å². The highest BCUT2D eigenvalue weighted by atomic mass is 32.2. The molecule has 0 saturated carbocycles. The molecular formula is C19H22N2O5S. The Labute approximate surface area is 158 Å². The molecule has 2 rings (SSSR count). The van der Waals surface area contributed by atoms with E-state index >= 15 is 0 Å². The van der Waals surface area contributed by atoms with Gasteiger partial charge in [-0.05, 0) is 43.7 Å². The molecule has 144 valence electrons. The lowest BCUT2D eigenvalue weighted by atomic mass is 10.2. The quantitative estimate of drug-likeness (QED) is 0.707. The Morgan fingerprint density at radius 2 is 1.81 bits per heavy atom. The maximum Gasteiger partial charge on any atom is 0.338 e. The Balaban J connectivity index is 2.08. The third-order valence-electron chi connectivity index (χ3n) is 3.77. The maximum absolute atomic E-state index is 12.3. The van der Waals surface area contributed by atoms with Crippen molar-refractivity contribution in [3.8, 4) is 0 Å². The Morgan fingerprint density at radius 1 is 1.11 bits per heavy atom. The van der Waals surface area contributed by atoms with Gasteiger partial charge in [-0.15, -0.1) is 0 Å². The fourth-order valence-electron chi connectivity index (χ4n) is 2.29. The first-order valence-corrected chi connectivity index (χ1v) is 9.90. The van der Waals surface area contributed by atoms with Gasteiger partial charge in [-0.1, -0.05) is 31.2 Å². The highest BCUT2D eigenvalue weighted by Crippen LogP contribution is 2.15. The Kier molecular flexibility index (Phi) is 6.70. The van der Waals surface area contributed by atoms with E-state index in [1.807, 2.05) is 19.1 Å². The summed E-state index contributed by atoms with van der Waals surface area (Å²) in [5.74, 6) is -1.26. The fraction of sp³-hybridized carbons (Fsp3) is 0.263. The molecule has 0 aliphatic rings. The standard InChI is InChI=1S/C19H22N2O5S/c1-4-20-27(24,25)16-10-7-9-15(12-16)19(23)26-14(3)18(22)21-17-11-6-5-8-13(17)2/h5-12,14,20H,4H2,1-3H3,(H,21,22)/t14-/m1/s1. The van der Waals surface area contributed by atoms with Crippen LogP contribution in [0, 0.1) is 6.92 Å². The van der Waals surface area contributed by atoms with E-state index in [-0.39, 0.29) is 17.0 Å². The summed E-state index contributed by atoms with van der Waals surface area (Å²) in [4.78, 5) is 24.5. The van der Waals surface area contributed by atoms with E-state index in [0.29, 0.717) is 5.69 Å². The lowest BCUT2D eigenvalue weighted by Crippen LogP contribution is -2.30. The molecule has 2 aromatic carbocycles. The van der Waals surface area contributed by atoms with E-state index in [2.05, 4.69) is 10.0 Å². The van der Waals surface area contributed by atoms with Crippen molar-refractivity contribution in [2.75, 3.05) is 11.9 Å². The molecule has 27 heavy (non-hydrogen) atoms. The topological polar surface area (TPSA) is 102 Å². The largest absolute Gasteiger partial charge is 0.449 e. The minimum absolute atomic E-state index is 0.0455. The fourth-order valence-corrected chi connectivity index (χ4v) is 3.38. The molecule has 0 aromatic heterocycles. The van der Waals surface area contributed by atoms with E-state index in [0.717, 1.165) is 5.56 Å². The van der Waals surface area contributed by atoms with Crippen LogP contribution in [-0.4, -0.2) is 32.9 Å². The number of nitrogens with one attached hydrogen (secondary N) is 2. The number of benzene rings is 2. The van der Waals surface area contributed by atoms with Gasteiger partial charge < -0.3 is 10.1 Å². The number of esters is 1. The van der Waals surface area contributed by atoms with Gasteiger partial charge in [0, 0.05) is 12.2 Å². The predicted molar refractivity (Wildman–Crippen MR) is 102 cm³/mol. The molecule has 0 spiro atoms. The number of amides is 1. The van der Waals surface area contributed by atoms with Crippen LogP contribution in [0.2, 0.25) is 0 Å². The second-order valence-electron chi connectivity index (χ2n) is 5.88. The summed E-state index contributed by atoms with van der Waals surface area (Å²) >= 11 is 0. The van der Waals surface area contributed by atoms with Crippen LogP contribution >= 0.6 is 0 Å². The van der Waals surface area contributed by atoms with Crippen molar-refractivity contribution in [1.29, 1.82) is 0 Å². The minimum Gasteiger partial charge on any atom is -0.449 e. The smallest absolute Gasteiger partial charge is 0.338 e. The van der Waals surface area contributed by atoms with Crippen LogP contribution in [0.4, 0.5) is 5.69 Å². The SMILES string of the molecule is CCNS(=O)(=O)c1cccc(C(=O)O[C@H](C)C(=O)Nc2ccccc2C)c1. The van der Waals surface area contributed by atoms with Crippen LogP contribution < -0.4 is 10.0 Å². The zero-order chi connectivity index (χ0) is 20.0. The minimum atomic E-state index is -3.69. The molecule has 1 amide bonds. The van der Waals surface area contributed by atoms with Gasteiger partial charge in [0.15, 0.2) is 6.10 Å². The van der Waals surface area contributed by atoms with E-state index in [1.54, 1.807) is 19.1 Å². The van der Waals surface area contributed by atoms with E-state index in [4.69, 9.17) is 4.74 Å². The molecule has 0 aliphatic heterocycles. The Morgan fingerprint density at radius 3 is 2.48 bits per heavy atom. The zero-order valence-electron chi connectivity index (χ0n) is 15.4. The van der Waals surface area contributed by atoms with Crippen LogP contribution in [0.5, 0.6) is 0 Å². The van der Waals surface area contributed by atoms with Crippen LogP contribution in [0.3, 0.4) is 0 Å². The number of aryl methyl sites for hydroxylation is 1. The summed E-state index contributed by atoms with van der Waals surface area (Å²) in [6, 6.07) is 12.7. The summed E-state index contributed by atoms with van der Waals surface area (Å²) < 4.78 is 31.6. The molecule has 0 fully saturated rings. The van der Waals surface area contributed by atoms with Crippen molar-refractivity contribution >= 4 is 27.6 Å². The summed E-state index contributed by atoms with van der Waals surface area (Å²) in [5.41, 5.74) is 1.55. The highest BCUT2D eigenvalue weighted by Gasteiger charge is 2.21. The summed E-state index contributed by atoms with van der Waals surface area (Å²) in [5, 5.41) is 2.70. The highest BCUT2D eigenvalue weighted by molar-refractivity contribution is 7.89. The summed E-state index contributed by atoms with van der Waals surface area (Å²) in [6.07, 6.45) is -1.05.